The van der Waals surface area contributed by atoms with Crippen molar-refractivity contribution in [3.8, 4) is 0 Å². The summed E-state index contributed by atoms with van der Waals surface area (Å²) in [6.45, 7) is 0. The number of ether oxygens (including phenoxy) is 1. The van der Waals surface area contributed by atoms with Crippen LogP contribution in [0.1, 0.15) is 23.7 Å². The average molecular weight is 174 g/mol. The Morgan fingerprint density at radius 2 is 2.08 bits per heavy atom. The van der Waals surface area contributed by atoms with Crippen molar-refractivity contribution >= 4 is 5.97 Å². The molecular weight excluding hydrogens is 164 g/mol. The van der Waals surface area contributed by atoms with E-state index in [-0.39, 0.29) is 12.1 Å². The van der Waals surface area contributed by atoms with Crippen molar-refractivity contribution in [2.45, 2.75) is 18.9 Å². The highest BCUT2D eigenvalue weighted by atomic mass is 16.6. The van der Waals surface area contributed by atoms with Crippen molar-refractivity contribution in [1.29, 1.82) is 0 Å². The fourth-order valence-corrected chi connectivity index (χ4v) is 2.38. The Hall–Kier alpha value is -1.31. The molecule has 1 saturated heterocycles. The number of fused-ring (bicyclic) bond motifs is 3. The van der Waals surface area contributed by atoms with E-state index in [4.69, 9.17) is 4.74 Å². The van der Waals surface area contributed by atoms with Gasteiger partial charge in [-0.1, -0.05) is 24.3 Å². The van der Waals surface area contributed by atoms with Gasteiger partial charge in [0.25, 0.3) is 0 Å². The van der Waals surface area contributed by atoms with Crippen LogP contribution in [0.4, 0.5) is 0 Å². The van der Waals surface area contributed by atoms with Gasteiger partial charge in [-0.25, -0.2) is 0 Å². The van der Waals surface area contributed by atoms with E-state index in [2.05, 4.69) is 12.1 Å². The number of esters is 1. The molecule has 2 aliphatic rings. The van der Waals surface area contributed by atoms with E-state index >= 15 is 0 Å². The molecule has 66 valence electrons. The van der Waals surface area contributed by atoms with Crippen LogP contribution in [0, 0.1) is 5.92 Å². The van der Waals surface area contributed by atoms with E-state index in [9.17, 15) is 4.79 Å². The maximum absolute atomic E-state index is 11.0. The Morgan fingerprint density at radius 3 is 3.00 bits per heavy atom. The number of hydrogen-bond acceptors (Lipinski definition) is 2. The summed E-state index contributed by atoms with van der Waals surface area (Å²) >= 11 is 0. The fraction of sp³-hybridized carbons (Fsp3) is 0.364. The number of carbonyl (C=O) groups excluding carboxylic acids is 1. The maximum atomic E-state index is 11.0. The largest absolute Gasteiger partial charge is 0.457 e. The second-order valence-corrected chi connectivity index (χ2v) is 3.78. The Bertz CT molecular complexity index is 370. The highest BCUT2D eigenvalue weighted by Gasteiger charge is 2.41. The molecule has 0 radical (unpaired) electrons. The molecule has 0 aromatic heterocycles. The first kappa shape index (κ1) is 7.13. The third-order valence-corrected chi connectivity index (χ3v) is 2.96. The minimum Gasteiger partial charge on any atom is -0.457 e. The number of benzene rings is 1. The van der Waals surface area contributed by atoms with Crippen molar-refractivity contribution in [1.82, 2.24) is 0 Å². The zero-order valence-electron chi connectivity index (χ0n) is 7.19. The summed E-state index contributed by atoms with van der Waals surface area (Å²) in [4.78, 5) is 11.0. The Balaban J connectivity index is 2.06. The van der Waals surface area contributed by atoms with Gasteiger partial charge in [0.1, 0.15) is 6.10 Å². The van der Waals surface area contributed by atoms with Crippen LogP contribution in [-0.2, 0) is 16.0 Å². The van der Waals surface area contributed by atoms with Crippen LogP contribution in [0.5, 0.6) is 0 Å². The Morgan fingerprint density at radius 1 is 1.23 bits per heavy atom. The molecule has 1 fully saturated rings. The summed E-state index contributed by atoms with van der Waals surface area (Å²) in [7, 11) is 0. The van der Waals surface area contributed by atoms with E-state index in [0.29, 0.717) is 12.3 Å². The molecule has 1 heterocycles. The predicted octanol–water partition coefficient (Wildman–Crippen LogP) is 1.85. The minimum absolute atomic E-state index is 0.0375. The van der Waals surface area contributed by atoms with Gasteiger partial charge >= 0.3 is 5.97 Å². The maximum Gasteiger partial charge on any atom is 0.306 e. The van der Waals surface area contributed by atoms with Gasteiger partial charge in [-0.15, -0.1) is 0 Å². The normalized spacial score (nSPS) is 29.7. The van der Waals surface area contributed by atoms with E-state index < -0.39 is 0 Å². The van der Waals surface area contributed by atoms with Crippen LogP contribution in [0.25, 0.3) is 0 Å². The average Bonchev–Trinajstić information content (AvgIpc) is 2.60. The Labute approximate surface area is 76.5 Å². The van der Waals surface area contributed by atoms with Gasteiger partial charge in [-0.3, -0.25) is 4.79 Å². The lowest BCUT2D eigenvalue weighted by molar-refractivity contribution is -0.141. The monoisotopic (exact) mass is 174 g/mol. The quantitative estimate of drug-likeness (QED) is 0.561. The van der Waals surface area contributed by atoms with Crippen LogP contribution >= 0.6 is 0 Å². The Kier molecular flexibility index (Phi) is 1.29. The van der Waals surface area contributed by atoms with Crippen molar-refractivity contribution in [3.05, 3.63) is 35.4 Å². The first-order valence-corrected chi connectivity index (χ1v) is 4.62. The van der Waals surface area contributed by atoms with Crippen molar-refractivity contribution in [2.24, 2.45) is 5.92 Å². The van der Waals surface area contributed by atoms with Crippen molar-refractivity contribution < 1.29 is 9.53 Å². The first-order chi connectivity index (χ1) is 6.34. The minimum atomic E-state index is -0.0375. The predicted molar refractivity (Wildman–Crippen MR) is 47.1 cm³/mol. The molecule has 1 aliphatic heterocycles. The van der Waals surface area contributed by atoms with E-state index in [1.54, 1.807) is 0 Å². The summed E-state index contributed by atoms with van der Waals surface area (Å²) in [6, 6.07) is 8.25. The van der Waals surface area contributed by atoms with Gasteiger partial charge in [0, 0.05) is 5.92 Å². The van der Waals surface area contributed by atoms with Crippen LogP contribution in [-0.4, -0.2) is 5.97 Å². The topological polar surface area (TPSA) is 26.3 Å². The molecule has 0 amide bonds. The highest BCUT2D eigenvalue weighted by Crippen LogP contribution is 2.44. The standard InChI is InChI=1S/C11H10O2/c12-10-6-8-5-7-3-1-2-4-9(7)11(8)13-10/h1-4,8,11H,5-6H2/t8-,11-/m1/s1. The smallest absolute Gasteiger partial charge is 0.306 e. The van der Waals surface area contributed by atoms with Crippen molar-refractivity contribution in [3.63, 3.8) is 0 Å². The van der Waals surface area contributed by atoms with E-state index in [1.807, 2.05) is 12.1 Å². The third kappa shape index (κ3) is 0.916. The summed E-state index contributed by atoms with van der Waals surface area (Å²) in [6.07, 6.45) is 1.66. The van der Waals surface area contributed by atoms with Gasteiger partial charge in [0.2, 0.25) is 0 Å². The fourth-order valence-electron chi connectivity index (χ4n) is 2.38. The lowest BCUT2D eigenvalue weighted by atomic mass is 10.0. The van der Waals surface area contributed by atoms with Crippen LogP contribution in [0.3, 0.4) is 0 Å². The molecule has 0 bridgehead atoms. The lowest BCUT2D eigenvalue weighted by Crippen LogP contribution is -1.99. The van der Waals surface area contributed by atoms with E-state index in [0.717, 1.165) is 6.42 Å². The molecule has 0 saturated carbocycles. The molecule has 3 rings (SSSR count). The van der Waals surface area contributed by atoms with Gasteiger partial charge < -0.3 is 4.74 Å². The summed E-state index contributed by atoms with van der Waals surface area (Å²) in [5, 5.41) is 0. The molecule has 0 spiro atoms. The summed E-state index contributed by atoms with van der Waals surface area (Å²) in [5.41, 5.74) is 2.57. The molecule has 0 unspecified atom stereocenters. The zero-order valence-corrected chi connectivity index (χ0v) is 7.19. The van der Waals surface area contributed by atoms with Crippen LogP contribution < -0.4 is 0 Å². The molecule has 1 aliphatic carbocycles. The number of hydrogen-bond donors (Lipinski definition) is 0. The van der Waals surface area contributed by atoms with Crippen LogP contribution in [0.15, 0.2) is 24.3 Å². The molecule has 13 heavy (non-hydrogen) atoms. The lowest BCUT2D eigenvalue weighted by Gasteiger charge is -2.07. The SMILES string of the molecule is O=C1C[C@H]2Cc3ccccc3[C@@H]2O1. The molecule has 2 nitrogen and oxygen atoms in total. The second kappa shape index (κ2) is 2.34. The summed E-state index contributed by atoms with van der Waals surface area (Å²) < 4.78 is 5.27. The van der Waals surface area contributed by atoms with Gasteiger partial charge in [0.15, 0.2) is 0 Å². The summed E-state index contributed by atoms with van der Waals surface area (Å²) in [5.74, 6) is 0.370. The van der Waals surface area contributed by atoms with Gasteiger partial charge in [0.05, 0.1) is 6.42 Å². The molecule has 2 heteroatoms. The molecular formula is C11H10O2. The third-order valence-electron chi connectivity index (χ3n) is 2.96. The number of carbonyl (C=O) groups is 1. The molecule has 2 atom stereocenters. The van der Waals surface area contributed by atoms with Crippen molar-refractivity contribution in [2.75, 3.05) is 0 Å². The molecule has 1 aromatic rings. The zero-order chi connectivity index (χ0) is 8.84. The molecule has 1 aromatic carbocycles. The number of rotatable bonds is 0. The van der Waals surface area contributed by atoms with Crippen LogP contribution in [0.2, 0.25) is 0 Å². The first-order valence-electron chi connectivity index (χ1n) is 4.62. The van der Waals surface area contributed by atoms with Gasteiger partial charge in [-0.2, -0.15) is 0 Å². The molecule has 0 N–H and O–H groups in total. The highest BCUT2D eigenvalue weighted by molar-refractivity contribution is 5.73. The van der Waals surface area contributed by atoms with E-state index in [1.165, 1.54) is 11.1 Å². The van der Waals surface area contributed by atoms with Gasteiger partial charge in [-0.05, 0) is 17.5 Å². The second-order valence-electron chi connectivity index (χ2n) is 3.78.